The Morgan fingerprint density at radius 3 is 2.59 bits per heavy atom. The lowest BCUT2D eigenvalue weighted by Gasteiger charge is -2.21. The van der Waals surface area contributed by atoms with Gasteiger partial charge in [0.25, 0.3) is 0 Å². The molecule has 1 aromatic heterocycles. The molecule has 0 saturated carbocycles. The monoisotopic (exact) mass is 389 g/mol. The minimum absolute atomic E-state index is 0.115. The highest BCUT2D eigenvalue weighted by Crippen LogP contribution is 2.28. The average molecular weight is 389 g/mol. The molecule has 0 spiro atoms. The van der Waals surface area contributed by atoms with E-state index in [1.807, 2.05) is 25.1 Å². The second kappa shape index (κ2) is 7.34. The van der Waals surface area contributed by atoms with Gasteiger partial charge in [-0.05, 0) is 56.7 Å². The Bertz CT molecular complexity index is 1020. The van der Waals surface area contributed by atoms with Gasteiger partial charge >= 0.3 is 0 Å². The lowest BCUT2D eigenvalue weighted by Crippen LogP contribution is -2.38. The molecule has 3 aromatic rings. The topological polar surface area (TPSA) is 88.8 Å². The van der Waals surface area contributed by atoms with Crippen molar-refractivity contribution in [2.24, 2.45) is 0 Å². The van der Waals surface area contributed by atoms with Crippen LogP contribution in [0.1, 0.15) is 25.2 Å². The van der Waals surface area contributed by atoms with Crippen LogP contribution in [0.5, 0.6) is 5.75 Å². The number of hydrogen-bond acceptors (Lipinski definition) is 5. The highest BCUT2D eigenvalue weighted by molar-refractivity contribution is 7.89. The summed E-state index contributed by atoms with van der Waals surface area (Å²) in [5, 5.41) is 11.6. The van der Waals surface area contributed by atoms with E-state index >= 15 is 0 Å². The first-order chi connectivity index (χ1) is 12.7. The van der Waals surface area contributed by atoms with Crippen molar-refractivity contribution in [2.75, 3.05) is 13.2 Å². The second-order valence-electron chi connectivity index (χ2n) is 6.61. The van der Waals surface area contributed by atoms with E-state index in [1.165, 1.54) is 13.0 Å². The maximum Gasteiger partial charge on any atom is 0.240 e. The zero-order valence-electron chi connectivity index (χ0n) is 15.5. The van der Waals surface area contributed by atoms with Crippen molar-refractivity contribution in [3.63, 3.8) is 0 Å². The van der Waals surface area contributed by atoms with Gasteiger partial charge < -0.3 is 14.3 Å². The first kappa shape index (κ1) is 19.4. The molecule has 0 fully saturated rings. The number of aliphatic hydroxyl groups is 1. The summed E-state index contributed by atoms with van der Waals surface area (Å²) >= 11 is 0. The molecule has 0 amide bonds. The number of nitrogens with one attached hydrogen (secondary N) is 1. The third-order valence-corrected chi connectivity index (χ3v) is 5.72. The first-order valence-corrected chi connectivity index (χ1v) is 10.2. The molecule has 0 aliphatic carbocycles. The van der Waals surface area contributed by atoms with Gasteiger partial charge in [0.1, 0.15) is 22.7 Å². The molecule has 27 heavy (non-hydrogen) atoms. The molecule has 0 aliphatic rings. The Labute approximate surface area is 158 Å². The molecule has 0 bridgehead atoms. The number of hydrogen-bond donors (Lipinski definition) is 2. The van der Waals surface area contributed by atoms with Gasteiger partial charge in [0.05, 0.1) is 11.5 Å². The van der Waals surface area contributed by atoms with Gasteiger partial charge in [-0.2, -0.15) is 0 Å². The smallest absolute Gasteiger partial charge is 0.240 e. The van der Waals surface area contributed by atoms with Crippen LogP contribution in [0.15, 0.2) is 57.8 Å². The van der Waals surface area contributed by atoms with E-state index in [0.29, 0.717) is 23.7 Å². The Kier molecular flexibility index (Phi) is 5.28. The standard InChI is InChI=1S/C20H23NO5S/c1-4-25-17-10-9-16(11-14(17)2)27(23,24)21-13-20(3,22)19-12-15-7-5-6-8-18(15)26-19/h5-12,21-22H,4,13H2,1-3H3. The van der Waals surface area contributed by atoms with E-state index in [-0.39, 0.29) is 11.4 Å². The van der Waals surface area contributed by atoms with Crippen LogP contribution in [0.3, 0.4) is 0 Å². The number of ether oxygens (including phenoxy) is 1. The maximum absolute atomic E-state index is 12.6. The van der Waals surface area contributed by atoms with Gasteiger partial charge in [-0.1, -0.05) is 18.2 Å². The van der Waals surface area contributed by atoms with E-state index in [4.69, 9.17) is 9.15 Å². The molecule has 0 radical (unpaired) electrons. The summed E-state index contributed by atoms with van der Waals surface area (Å²) in [4.78, 5) is 0.115. The summed E-state index contributed by atoms with van der Waals surface area (Å²) < 4.78 is 38.8. The number of sulfonamides is 1. The van der Waals surface area contributed by atoms with Gasteiger partial charge in [0.15, 0.2) is 0 Å². The molecule has 6 nitrogen and oxygen atoms in total. The molecule has 7 heteroatoms. The summed E-state index contributed by atoms with van der Waals surface area (Å²) in [6.07, 6.45) is 0. The van der Waals surface area contributed by atoms with E-state index in [1.54, 1.807) is 31.2 Å². The Balaban J connectivity index is 1.78. The van der Waals surface area contributed by atoms with E-state index in [0.717, 1.165) is 10.9 Å². The summed E-state index contributed by atoms with van der Waals surface area (Å²) in [5.74, 6) is 0.944. The Morgan fingerprint density at radius 2 is 1.93 bits per heavy atom. The van der Waals surface area contributed by atoms with Crippen molar-refractivity contribution in [3.05, 3.63) is 59.9 Å². The lowest BCUT2D eigenvalue weighted by molar-refractivity contribution is 0.0412. The van der Waals surface area contributed by atoms with Crippen LogP contribution < -0.4 is 9.46 Å². The number of benzene rings is 2. The summed E-state index contributed by atoms with van der Waals surface area (Å²) in [6, 6.07) is 13.7. The van der Waals surface area contributed by atoms with Gasteiger partial charge in [-0.3, -0.25) is 0 Å². The van der Waals surface area contributed by atoms with E-state index in [9.17, 15) is 13.5 Å². The van der Waals surface area contributed by atoms with Gasteiger partial charge in [0.2, 0.25) is 10.0 Å². The van der Waals surface area contributed by atoms with Crippen molar-refractivity contribution in [1.29, 1.82) is 0 Å². The highest BCUT2D eigenvalue weighted by Gasteiger charge is 2.30. The van der Waals surface area contributed by atoms with Gasteiger partial charge in [-0.15, -0.1) is 0 Å². The largest absolute Gasteiger partial charge is 0.494 e. The fourth-order valence-corrected chi connectivity index (χ4v) is 3.98. The fourth-order valence-electron chi connectivity index (χ4n) is 2.76. The number of aryl methyl sites for hydroxylation is 1. The summed E-state index contributed by atoms with van der Waals surface area (Å²) in [5.41, 5.74) is -0.131. The second-order valence-corrected chi connectivity index (χ2v) is 8.37. The number of para-hydroxylation sites is 1. The quantitative estimate of drug-likeness (QED) is 0.647. The van der Waals surface area contributed by atoms with Crippen LogP contribution in [-0.4, -0.2) is 26.7 Å². The molecule has 0 saturated heterocycles. The zero-order chi connectivity index (χ0) is 19.7. The van der Waals surface area contributed by atoms with Crippen molar-refractivity contribution >= 4 is 21.0 Å². The molecule has 1 unspecified atom stereocenters. The van der Waals surface area contributed by atoms with Crippen LogP contribution in [-0.2, 0) is 15.6 Å². The molecule has 2 aromatic carbocycles. The molecule has 0 aliphatic heterocycles. The van der Waals surface area contributed by atoms with Crippen LogP contribution in [0.25, 0.3) is 11.0 Å². The summed E-state index contributed by atoms with van der Waals surface area (Å²) in [7, 11) is -3.79. The van der Waals surface area contributed by atoms with Crippen LogP contribution in [0, 0.1) is 6.92 Å². The number of rotatable bonds is 7. The molecular weight excluding hydrogens is 366 g/mol. The van der Waals surface area contributed by atoms with Crippen molar-refractivity contribution in [2.45, 2.75) is 31.3 Å². The molecule has 3 rings (SSSR count). The molecule has 1 heterocycles. The third-order valence-electron chi connectivity index (χ3n) is 4.32. The minimum Gasteiger partial charge on any atom is -0.494 e. The minimum atomic E-state index is -3.79. The predicted molar refractivity (Wildman–Crippen MR) is 103 cm³/mol. The average Bonchev–Trinajstić information content (AvgIpc) is 3.07. The maximum atomic E-state index is 12.6. The highest BCUT2D eigenvalue weighted by atomic mass is 32.2. The van der Waals surface area contributed by atoms with Gasteiger partial charge in [0, 0.05) is 11.9 Å². The normalized spacial score (nSPS) is 14.2. The number of fused-ring (bicyclic) bond motifs is 1. The molecule has 2 N–H and O–H groups in total. The third kappa shape index (κ3) is 4.16. The van der Waals surface area contributed by atoms with E-state index < -0.39 is 15.6 Å². The van der Waals surface area contributed by atoms with Gasteiger partial charge in [-0.25, -0.2) is 13.1 Å². The fraction of sp³-hybridized carbons (Fsp3) is 0.300. The number of furan rings is 1. The molecular formula is C20H23NO5S. The van der Waals surface area contributed by atoms with E-state index in [2.05, 4.69) is 4.72 Å². The Morgan fingerprint density at radius 1 is 1.19 bits per heavy atom. The molecule has 144 valence electrons. The Hall–Kier alpha value is -2.35. The van der Waals surface area contributed by atoms with Crippen LogP contribution >= 0.6 is 0 Å². The molecule has 1 atom stereocenters. The lowest BCUT2D eigenvalue weighted by atomic mass is 10.0. The van der Waals surface area contributed by atoms with Crippen molar-refractivity contribution in [3.8, 4) is 5.75 Å². The zero-order valence-corrected chi connectivity index (χ0v) is 16.3. The van der Waals surface area contributed by atoms with Crippen LogP contribution in [0.2, 0.25) is 0 Å². The first-order valence-electron chi connectivity index (χ1n) is 8.67. The van der Waals surface area contributed by atoms with Crippen molar-refractivity contribution in [1.82, 2.24) is 4.72 Å². The SMILES string of the molecule is CCOc1ccc(S(=O)(=O)NCC(C)(O)c2cc3ccccc3o2)cc1C. The van der Waals surface area contributed by atoms with Crippen molar-refractivity contribution < 1.29 is 22.7 Å². The predicted octanol–water partition coefficient (Wildman–Crippen LogP) is 3.33. The van der Waals surface area contributed by atoms with Crippen LogP contribution in [0.4, 0.5) is 0 Å². The summed E-state index contributed by atoms with van der Waals surface area (Å²) in [6.45, 7) is 5.45.